The van der Waals surface area contributed by atoms with Crippen LogP contribution < -0.4 is 9.80 Å². The SMILES string of the molecule is CN(C)c1ccc(/C=C/c2ccc(/C=C/c3ccc(N(C)C)cc3)c(C#N)c2)cc1. The summed E-state index contributed by atoms with van der Waals surface area (Å²) in [5.41, 5.74) is 7.17. The average Bonchev–Trinajstić information content (AvgIpc) is 2.77. The van der Waals surface area contributed by atoms with Gasteiger partial charge < -0.3 is 9.80 Å². The summed E-state index contributed by atoms with van der Waals surface area (Å²) >= 11 is 0. The average molecular weight is 394 g/mol. The Morgan fingerprint density at radius 1 is 0.600 bits per heavy atom. The van der Waals surface area contributed by atoms with E-state index in [1.54, 1.807) is 0 Å². The third-order valence-electron chi connectivity index (χ3n) is 4.94. The predicted molar refractivity (Wildman–Crippen MR) is 131 cm³/mol. The number of hydrogen-bond acceptors (Lipinski definition) is 3. The molecule has 0 saturated carbocycles. The zero-order valence-corrected chi connectivity index (χ0v) is 18.0. The van der Waals surface area contributed by atoms with Gasteiger partial charge >= 0.3 is 0 Å². The molecule has 0 N–H and O–H groups in total. The first-order valence-electron chi connectivity index (χ1n) is 9.91. The smallest absolute Gasteiger partial charge is 0.0998 e. The molecule has 3 rings (SSSR count). The molecule has 3 aromatic carbocycles. The van der Waals surface area contributed by atoms with Crippen molar-refractivity contribution in [2.24, 2.45) is 0 Å². The van der Waals surface area contributed by atoms with Crippen molar-refractivity contribution in [3.63, 3.8) is 0 Å². The minimum atomic E-state index is 0.668. The van der Waals surface area contributed by atoms with Gasteiger partial charge in [0.15, 0.2) is 0 Å². The van der Waals surface area contributed by atoms with E-state index in [4.69, 9.17) is 0 Å². The molecule has 0 fully saturated rings. The molecule has 0 aliphatic rings. The van der Waals surface area contributed by atoms with Gasteiger partial charge in [0, 0.05) is 39.6 Å². The van der Waals surface area contributed by atoms with Gasteiger partial charge in [0.1, 0.15) is 0 Å². The zero-order chi connectivity index (χ0) is 21.5. The number of benzene rings is 3. The van der Waals surface area contributed by atoms with Crippen molar-refractivity contribution in [3.8, 4) is 6.07 Å². The van der Waals surface area contributed by atoms with Crippen LogP contribution in [0.4, 0.5) is 11.4 Å². The molecule has 0 atom stereocenters. The van der Waals surface area contributed by atoms with Crippen LogP contribution in [0.3, 0.4) is 0 Å². The van der Waals surface area contributed by atoms with Gasteiger partial charge in [0.25, 0.3) is 0 Å². The fourth-order valence-corrected chi connectivity index (χ4v) is 3.07. The van der Waals surface area contributed by atoms with Crippen LogP contribution in [0, 0.1) is 11.3 Å². The molecule has 0 heterocycles. The Kier molecular flexibility index (Phi) is 6.72. The highest BCUT2D eigenvalue weighted by atomic mass is 15.1. The summed E-state index contributed by atoms with van der Waals surface area (Å²) in [7, 11) is 8.12. The lowest BCUT2D eigenvalue weighted by atomic mass is 10.0. The first-order valence-corrected chi connectivity index (χ1v) is 9.91. The van der Waals surface area contributed by atoms with Crippen LogP contribution in [0.2, 0.25) is 0 Å². The molecule has 150 valence electrons. The highest BCUT2D eigenvalue weighted by Crippen LogP contribution is 2.19. The molecule has 0 aliphatic carbocycles. The Morgan fingerprint density at radius 3 is 1.50 bits per heavy atom. The molecular weight excluding hydrogens is 366 g/mol. The Balaban J connectivity index is 1.75. The Hall–Kier alpha value is -3.77. The summed E-state index contributed by atoms with van der Waals surface area (Å²) in [4.78, 5) is 4.15. The molecule has 0 aromatic heterocycles. The van der Waals surface area contributed by atoms with Crippen molar-refractivity contribution in [3.05, 3.63) is 94.5 Å². The van der Waals surface area contributed by atoms with Crippen molar-refractivity contribution in [2.45, 2.75) is 0 Å². The fraction of sp³-hybridized carbons (Fsp3) is 0.148. The van der Waals surface area contributed by atoms with E-state index in [0.29, 0.717) is 5.56 Å². The lowest BCUT2D eigenvalue weighted by Crippen LogP contribution is -2.07. The molecule has 0 aliphatic heterocycles. The van der Waals surface area contributed by atoms with Crippen molar-refractivity contribution < 1.29 is 0 Å². The molecule has 0 saturated heterocycles. The van der Waals surface area contributed by atoms with Gasteiger partial charge in [-0.15, -0.1) is 0 Å². The van der Waals surface area contributed by atoms with Gasteiger partial charge in [0.05, 0.1) is 11.6 Å². The molecule has 0 radical (unpaired) electrons. The summed E-state index contributed by atoms with van der Waals surface area (Å²) in [6.07, 6.45) is 8.14. The Morgan fingerprint density at radius 2 is 1.03 bits per heavy atom. The van der Waals surface area contributed by atoms with Gasteiger partial charge in [-0.25, -0.2) is 0 Å². The standard InChI is InChI=1S/C27H27N3/c1-29(2)26-15-9-21(10-16-26)5-6-23-8-14-24(25(19-23)20-28)13-7-22-11-17-27(18-12-22)30(3)4/h5-19H,1-4H3/b6-5+,13-7+. The molecule has 3 heteroatoms. The van der Waals surface area contributed by atoms with E-state index in [9.17, 15) is 5.26 Å². The van der Waals surface area contributed by atoms with Gasteiger partial charge in [-0.05, 0) is 52.6 Å². The summed E-state index contributed by atoms with van der Waals surface area (Å²) in [6.45, 7) is 0. The summed E-state index contributed by atoms with van der Waals surface area (Å²) in [6, 6.07) is 25.0. The van der Waals surface area contributed by atoms with Crippen LogP contribution in [0.5, 0.6) is 0 Å². The van der Waals surface area contributed by atoms with Crippen molar-refractivity contribution in [1.82, 2.24) is 0 Å². The molecule has 3 aromatic rings. The van der Waals surface area contributed by atoms with Crippen molar-refractivity contribution >= 4 is 35.7 Å². The van der Waals surface area contributed by atoms with Crippen molar-refractivity contribution in [2.75, 3.05) is 38.0 Å². The maximum absolute atomic E-state index is 9.59. The maximum atomic E-state index is 9.59. The third-order valence-corrected chi connectivity index (χ3v) is 4.94. The Bertz CT molecular complexity index is 1080. The lowest BCUT2D eigenvalue weighted by Gasteiger charge is -2.11. The van der Waals surface area contributed by atoms with Crippen LogP contribution in [0.25, 0.3) is 24.3 Å². The molecule has 3 nitrogen and oxygen atoms in total. The van der Waals surface area contributed by atoms with E-state index in [1.807, 2.05) is 64.6 Å². The summed E-state index contributed by atoms with van der Waals surface area (Å²) in [5.74, 6) is 0. The number of hydrogen-bond donors (Lipinski definition) is 0. The molecule has 0 spiro atoms. The molecule has 0 bridgehead atoms. The van der Waals surface area contributed by atoms with E-state index in [1.165, 1.54) is 5.69 Å². The highest BCUT2D eigenvalue weighted by Gasteiger charge is 2.01. The first-order chi connectivity index (χ1) is 14.5. The second-order valence-corrected chi connectivity index (χ2v) is 7.60. The minimum absolute atomic E-state index is 0.668. The number of anilines is 2. The van der Waals surface area contributed by atoms with E-state index >= 15 is 0 Å². The predicted octanol–water partition coefficient (Wildman–Crippen LogP) is 6.03. The van der Waals surface area contributed by atoms with E-state index in [0.717, 1.165) is 27.9 Å². The number of nitrogens with zero attached hydrogens (tertiary/aromatic N) is 3. The third kappa shape index (κ3) is 5.40. The summed E-state index contributed by atoms with van der Waals surface area (Å²) in [5, 5.41) is 9.59. The molecule has 0 amide bonds. The van der Waals surface area contributed by atoms with Crippen molar-refractivity contribution in [1.29, 1.82) is 5.26 Å². The van der Waals surface area contributed by atoms with Gasteiger partial charge in [0.2, 0.25) is 0 Å². The largest absolute Gasteiger partial charge is 0.378 e. The molecule has 0 unspecified atom stereocenters. The monoisotopic (exact) mass is 393 g/mol. The van der Waals surface area contributed by atoms with Gasteiger partial charge in [-0.2, -0.15) is 5.26 Å². The van der Waals surface area contributed by atoms with E-state index < -0.39 is 0 Å². The first kappa shape index (κ1) is 21.0. The minimum Gasteiger partial charge on any atom is -0.378 e. The van der Waals surface area contributed by atoms with Crippen LogP contribution in [-0.2, 0) is 0 Å². The number of rotatable bonds is 6. The van der Waals surface area contributed by atoms with Gasteiger partial charge in [-0.3, -0.25) is 0 Å². The van der Waals surface area contributed by atoms with Crippen LogP contribution in [0.1, 0.15) is 27.8 Å². The summed E-state index contributed by atoms with van der Waals surface area (Å²) < 4.78 is 0. The fourth-order valence-electron chi connectivity index (χ4n) is 3.07. The van der Waals surface area contributed by atoms with E-state index in [2.05, 4.69) is 70.5 Å². The Labute approximate surface area is 179 Å². The van der Waals surface area contributed by atoms with Crippen LogP contribution in [0.15, 0.2) is 66.7 Å². The second-order valence-electron chi connectivity index (χ2n) is 7.60. The van der Waals surface area contributed by atoms with E-state index in [-0.39, 0.29) is 0 Å². The highest BCUT2D eigenvalue weighted by molar-refractivity contribution is 5.76. The van der Waals surface area contributed by atoms with Crippen LogP contribution in [-0.4, -0.2) is 28.2 Å². The zero-order valence-electron chi connectivity index (χ0n) is 18.0. The lowest BCUT2D eigenvalue weighted by molar-refractivity contribution is 1.13. The quantitative estimate of drug-likeness (QED) is 0.479. The topological polar surface area (TPSA) is 30.3 Å². The normalized spacial score (nSPS) is 11.0. The molecular formula is C27H27N3. The maximum Gasteiger partial charge on any atom is 0.0998 e. The second kappa shape index (κ2) is 9.62. The van der Waals surface area contributed by atoms with Crippen LogP contribution >= 0.6 is 0 Å². The number of nitriles is 1. The molecule has 30 heavy (non-hydrogen) atoms. The van der Waals surface area contributed by atoms with Gasteiger partial charge in [-0.1, -0.05) is 60.7 Å².